The minimum Gasteiger partial charge on any atom is -0.459 e. The van der Waals surface area contributed by atoms with Crippen LogP contribution < -0.4 is 4.90 Å². The van der Waals surface area contributed by atoms with E-state index in [0.717, 1.165) is 0 Å². The van der Waals surface area contributed by atoms with E-state index in [1.165, 1.54) is 12.7 Å². The maximum atomic E-state index is 13.6. The van der Waals surface area contributed by atoms with E-state index in [0.29, 0.717) is 22.5 Å². The van der Waals surface area contributed by atoms with Crippen LogP contribution in [0.5, 0.6) is 0 Å². The summed E-state index contributed by atoms with van der Waals surface area (Å²) in [6, 6.07) is 25.4. The normalized spacial score (nSPS) is 20.4. The number of fused-ring (bicyclic) bond motifs is 1. The van der Waals surface area contributed by atoms with Crippen LogP contribution in [0.1, 0.15) is 50.6 Å². The van der Waals surface area contributed by atoms with Gasteiger partial charge in [-0.2, -0.15) is 0 Å². The van der Waals surface area contributed by atoms with E-state index in [2.05, 4.69) is 15.0 Å². The van der Waals surface area contributed by atoms with Crippen molar-refractivity contribution in [3.63, 3.8) is 0 Å². The molecule has 3 aromatic carbocycles. The van der Waals surface area contributed by atoms with E-state index in [-0.39, 0.29) is 24.2 Å². The molecule has 0 amide bonds. The molecule has 3 heterocycles. The second kappa shape index (κ2) is 13.4. The van der Waals surface area contributed by atoms with Gasteiger partial charge in [-0.1, -0.05) is 61.5 Å². The predicted octanol–water partition coefficient (Wildman–Crippen LogP) is 4.88. The number of carbonyl (C=O) groups is 3. The first-order chi connectivity index (χ1) is 22.8. The molecular formula is C35H33N5O7. The standard InChI is InChI=1S/C35H33N5O7/c1-4-35(20-44-32(41)23-14-8-5-9-15-23)28(46-34(43)25-18-12-7-13-19-25)27(45-33(42)24-16-10-6-11-17-24)31(47-35)40-22-38-26-29(39(2)3)36-21-37-30(26)40/h5-19,21-22,27-28,31H,4,20H2,1-3H3/t27-,28+,31?,35-/m1/s1. The summed E-state index contributed by atoms with van der Waals surface area (Å²) in [6.07, 6.45) is -0.422. The highest BCUT2D eigenvalue weighted by Gasteiger charge is 2.60. The number of esters is 3. The van der Waals surface area contributed by atoms with Crippen LogP contribution in [-0.4, -0.2) is 75.9 Å². The number of ether oxygens (including phenoxy) is 4. The third kappa shape index (κ3) is 6.27. The average Bonchev–Trinajstić information content (AvgIpc) is 3.67. The van der Waals surface area contributed by atoms with Crippen LogP contribution in [0.15, 0.2) is 104 Å². The highest BCUT2D eigenvalue weighted by Crippen LogP contribution is 2.45. The van der Waals surface area contributed by atoms with Gasteiger partial charge in [0.05, 0.1) is 23.0 Å². The van der Waals surface area contributed by atoms with Crippen molar-refractivity contribution < 1.29 is 33.3 Å². The number of hydrogen-bond donors (Lipinski definition) is 0. The second-order valence-corrected chi connectivity index (χ2v) is 11.2. The lowest BCUT2D eigenvalue weighted by Gasteiger charge is -2.33. The smallest absolute Gasteiger partial charge is 0.338 e. The number of nitrogens with zero attached hydrogens (tertiary/aromatic N) is 5. The molecule has 47 heavy (non-hydrogen) atoms. The van der Waals surface area contributed by atoms with Gasteiger partial charge in [-0.25, -0.2) is 29.3 Å². The van der Waals surface area contributed by atoms with Crippen molar-refractivity contribution >= 4 is 34.9 Å². The van der Waals surface area contributed by atoms with Crippen LogP contribution in [0.2, 0.25) is 0 Å². The Bertz CT molecular complexity index is 1870. The zero-order chi connectivity index (χ0) is 33.0. The highest BCUT2D eigenvalue weighted by molar-refractivity contribution is 5.91. The van der Waals surface area contributed by atoms with Gasteiger partial charge in [-0.05, 0) is 42.8 Å². The van der Waals surface area contributed by atoms with Gasteiger partial charge in [0.25, 0.3) is 0 Å². The van der Waals surface area contributed by atoms with Crippen molar-refractivity contribution in [2.75, 3.05) is 25.6 Å². The molecule has 0 N–H and O–H groups in total. The summed E-state index contributed by atoms with van der Waals surface area (Å²) >= 11 is 0. The van der Waals surface area contributed by atoms with E-state index in [1.54, 1.807) is 100 Å². The van der Waals surface area contributed by atoms with Crippen LogP contribution in [0.25, 0.3) is 11.2 Å². The molecule has 240 valence electrons. The monoisotopic (exact) mass is 635 g/mol. The molecule has 1 unspecified atom stereocenters. The SMILES string of the molecule is CC[C@]1(COC(=O)c2ccccc2)OC(n2cnc3c(N(C)C)ncnc32)[C@H](OC(=O)c2ccccc2)[C@@H]1OC(=O)c1ccccc1. The third-order valence-electron chi connectivity index (χ3n) is 8.04. The summed E-state index contributed by atoms with van der Waals surface area (Å²) in [6.45, 7) is 1.50. The first-order valence-corrected chi connectivity index (χ1v) is 15.1. The molecule has 0 radical (unpaired) electrons. The lowest BCUT2D eigenvalue weighted by atomic mass is 9.92. The Morgan fingerprint density at radius 2 is 1.34 bits per heavy atom. The topological polar surface area (TPSA) is 135 Å². The number of carbonyl (C=O) groups excluding carboxylic acids is 3. The fourth-order valence-electron chi connectivity index (χ4n) is 5.56. The van der Waals surface area contributed by atoms with E-state index < -0.39 is 41.9 Å². The Labute approximate surface area is 270 Å². The molecule has 12 nitrogen and oxygen atoms in total. The molecule has 0 bridgehead atoms. The second-order valence-electron chi connectivity index (χ2n) is 11.2. The zero-order valence-electron chi connectivity index (χ0n) is 26.1. The molecule has 1 aliphatic heterocycles. The summed E-state index contributed by atoms with van der Waals surface area (Å²) in [5, 5.41) is 0. The minimum atomic E-state index is -1.45. The van der Waals surface area contributed by atoms with Gasteiger partial charge in [0, 0.05) is 14.1 Å². The molecule has 5 aromatic rings. The minimum absolute atomic E-state index is 0.211. The Morgan fingerprint density at radius 1 is 0.787 bits per heavy atom. The molecule has 1 aliphatic rings. The van der Waals surface area contributed by atoms with Gasteiger partial charge in [0.15, 0.2) is 35.4 Å². The molecular weight excluding hydrogens is 602 g/mol. The first-order valence-electron chi connectivity index (χ1n) is 15.1. The fourth-order valence-corrected chi connectivity index (χ4v) is 5.56. The summed E-state index contributed by atoms with van der Waals surface area (Å²) in [4.78, 5) is 55.5. The van der Waals surface area contributed by atoms with Crippen molar-refractivity contribution in [1.82, 2.24) is 19.5 Å². The number of imidazole rings is 1. The highest BCUT2D eigenvalue weighted by atomic mass is 16.7. The van der Waals surface area contributed by atoms with Gasteiger partial charge < -0.3 is 23.8 Å². The van der Waals surface area contributed by atoms with Crippen molar-refractivity contribution in [3.8, 4) is 0 Å². The van der Waals surface area contributed by atoms with Crippen molar-refractivity contribution in [1.29, 1.82) is 0 Å². The van der Waals surface area contributed by atoms with E-state index in [9.17, 15) is 14.4 Å². The molecule has 0 aliphatic carbocycles. The summed E-state index contributed by atoms with van der Waals surface area (Å²) in [5.41, 5.74) is 0.345. The molecule has 0 spiro atoms. The molecule has 0 saturated carbocycles. The van der Waals surface area contributed by atoms with E-state index >= 15 is 0 Å². The van der Waals surface area contributed by atoms with Crippen LogP contribution in [-0.2, 0) is 18.9 Å². The van der Waals surface area contributed by atoms with Gasteiger partial charge >= 0.3 is 17.9 Å². The maximum absolute atomic E-state index is 13.6. The summed E-state index contributed by atoms with van der Waals surface area (Å²) in [7, 11) is 3.67. The maximum Gasteiger partial charge on any atom is 0.338 e. The molecule has 6 rings (SSSR count). The third-order valence-corrected chi connectivity index (χ3v) is 8.04. The quantitative estimate of drug-likeness (QED) is 0.154. The Hall–Kier alpha value is -5.62. The number of benzene rings is 3. The predicted molar refractivity (Wildman–Crippen MR) is 171 cm³/mol. The lowest BCUT2D eigenvalue weighted by molar-refractivity contribution is -0.133. The fraction of sp³-hybridized carbons (Fsp3) is 0.257. The number of rotatable bonds is 10. The molecule has 1 fully saturated rings. The Kier molecular flexibility index (Phi) is 8.94. The van der Waals surface area contributed by atoms with Crippen molar-refractivity contribution in [2.45, 2.75) is 37.4 Å². The lowest BCUT2D eigenvalue weighted by Crippen LogP contribution is -2.50. The number of aromatic nitrogens is 4. The van der Waals surface area contributed by atoms with Crippen molar-refractivity contribution in [2.24, 2.45) is 0 Å². The summed E-state index contributed by atoms with van der Waals surface area (Å²) in [5.74, 6) is -1.35. The first kappa shape index (κ1) is 31.4. The number of anilines is 1. The van der Waals surface area contributed by atoms with Crippen LogP contribution >= 0.6 is 0 Å². The molecule has 2 aromatic heterocycles. The molecule has 4 atom stereocenters. The number of hydrogen-bond acceptors (Lipinski definition) is 11. The summed E-state index contributed by atoms with van der Waals surface area (Å²) < 4.78 is 26.5. The Balaban J connectivity index is 1.45. The molecule has 12 heteroatoms. The van der Waals surface area contributed by atoms with Crippen LogP contribution in [0.3, 0.4) is 0 Å². The van der Waals surface area contributed by atoms with Gasteiger partial charge in [0.1, 0.15) is 18.5 Å². The zero-order valence-corrected chi connectivity index (χ0v) is 26.1. The van der Waals surface area contributed by atoms with Crippen LogP contribution in [0, 0.1) is 0 Å². The van der Waals surface area contributed by atoms with E-state index in [1.807, 2.05) is 21.0 Å². The van der Waals surface area contributed by atoms with Crippen molar-refractivity contribution in [3.05, 3.63) is 120 Å². The molecule has 1 saturated heterocycles. The van der Waals surface area contributed by atoms with Gasteiger partial charge in [-0.15, -0.1) is 0 Å². The van der Waals surface area contributed by atoms with Crippen LogP contribution in [0.4, 0.5) is 5.82 Å². The van der Waals surface area contributed by atoms with E-state index in [4.69, 9.17) is 18.9 Å². The van der Waals surface area contributed by atoms with Gasteiger partial charge in [-0.3, -0.25) is 4.57 Å². The largest absolute Gasteiger partial charge is 0.459 e. The van der Waals surface area contributed by atoms with Gasteiger partial charge in [0.2, 0.25) is 0 Å². The Morgan fingerprint density at radius 3 is 1.89 bits per heavy atom. The average molecular weight is 636 g/mol.